The SMILES string of the molecule is Cc1cc(-c2ccc(OC(C)C)nc2)ccc1C(CCC(F)(F)F)Nc1ccc(C(=O)N2CCC[C@@H](C(=O)O)C2)cc1. The van der Waals surface area contributed by atoms with Crippen molar-refractivity contribution < 1.29 is 32.6 Å². The highest BCUT2D eigenvalue weighted by Gasteiger charge is 2.30. The predicted molar refractivity (Wildman–Crippen MR) is 155 cm³/mol. The number of carboxylic acids is 1. The second kappa shape index (κ2) is 13.3. The highest BCUT2D eigenvalue weighted by molar-refractivity contribution is 5.95. The Morgan fingerprint density at radius 3 is 2.40 bits per heavy atom. The van der Waals surface area contributed by atoms with E-state index in [1.165, 1.54) is 0 Å². The summed E-state index contributed by atoms with van der Waals surface area (Å²) in [7, 11) is 0. The van der Waals surface area contributed by atoms with Crippen molar-refractivity contribution in [3.8, 4) is 17.0 Å². The Kier molecular flexibility index (Phi) is 9.75. The Balaban J connectivity index is 1.51. The Labute approximate surface area is 243 Å². The number of halogens is 3. The van der Waals surface area contributed by atoms with Crippen LogP contribution in [0, 0.1) is 12.8 Å². The Morgan fingerprint density at radius 1 is 1.10 bits per heavy atom. The van der Waals surface area contributed by atoms with Crippen LogP contribution < -0.4 is 10.1 Å². The summed E-state index contributed by atoms with van der Waals surface area (Å²) in [6.45, 7) is 6.36. The van der Waals surface area contributed by atoms with Crippen molar-refractivity contribution in [1.29, 1.82) is 0 Å². The smallest absolute Gasteiger partial charge is 0.389 e. The molecule has 0 bridgehead atoms. The Morgan fingerprint density at radius 2 is 1.81 bits per heavy atom. The van der Waals surface area contributed by atoms with Gasteiger partial charge in [0.05, 0.1) is 18.1 Å². The molecule has 42 heavy (non-hydrogen) atoms. The number of aromatic nitrogens is 1. The van der Waals surface area contributed by atoms with Crippen LogP contribution in [0.4, 0.5) is 18.9 Å². The number of anilines is 1. The summed E-state index contributed by atoms with van der Waals surface area (Å²) in [5.74, 6) is -1.23. The van der Waals surface area contributed by atoms with Gasteiger partial charge >= 0.3 is 12.1 Å². The number of piperidine rings is 1. The number of pyridine rings is 1. The molecule has 0 radical (unpaired) electrons. The van der Waals surface area contributed by atoms with E-state index in [4.69, 9.17) is 4.74 Å². The molecular formula is C32H36F3N3O4. The number of ether oxygens (including phenoxy) is 1. The average molecular weight is 584 g/mol. The zero-order valence-electron chi connectivity index (χ0n) is 23.9. The molecule has 0 saturated carbocycles. The number of benzene rings is 2. The van der Waals surface area contributed by atoms with Gasteiger partial charge in [-0.05, 0) is 87.1 Å². The fourth-order valence-corrected chi connectivity index (χ4v) is 5.18. The van der Waals surface area contributed by atoms with E-state index in [9.17, 15) is 27.9 Å². The van der Waals surface area contributed by atoms with Crippen LogP contribution in [-0.2, 0) is 4.79 Å². The van der Waals surface area contributed by atoms with Gasteiger partial charge in [-0.1, -0.05) is 18.2 Å². The summed E-state index contributed by atoms with van der Waals surface area (Å²) in [6, 6.07) is 15.3. The van der Waals surface area contributed by atoms with Crippen LogP contribution in [0.5, 0.6) is 5.88 Å². The van der Waals surface area contributed by atoms with Gasteiger partial charge in [0.25, 0.3) is 5.91 Å². The van der Waals surface area contributed by atoms with Crippen LogP contribution in [0.25, 0.3) is 11.1 Å². The molecule has 3 aromatic rings. The molecule has 224 valence electrons. The van der Waals surface area contributed by atoms with Gasteiger partial charge in [0.1, 0.15) is 0 Å². The monoisotopic (exact) mass is 583 g/mol. The second-order valence-electron chi connectivity index (χ2n) is 11.0. The first kappa shape index (κ1) is 30.9. The number of alkyl halides is 3. The van der Waals surface area contributed by atoms with Crippen LogP contribution in [-0.4, -0.2) is 52.2 Å². The van der Waals surface area contributed by atoms with Crippen molar-refractivity contribution in [3.05, 3.63) is 77.5 Å². The van der Waals surface area contributed by atoms with Crippen molar-refractivity contribution in [2.24, 2.45) is 5.92 Å². The summed E-state index contributed by atoms with van der Waals surface area (Å²) in [4.78, 5) is 30.2. The quantitative estimate of drug-likeness (QED) is 0.261. The molecule has 1 fully saturated rings. The average Bonchev–Trinajstić information content (AvgIpc) is 2.95. The lowest BCUT2D eigenvalue weighted by atomic mass is 9.93. The molecule has 1 aliphatic rings. The van der Waals surface area contributed by atoms with Gasteiger partial charge in [-0.25, -0.2) is 4.98 Å². The minimum Gasteiger partial charge on any atom is -0.481 e. The number of amides is 1. The largest absolute Gasteiger partial charge is 0.481 e. The molecular weight excluding hydrogens is 547 g/mol. The van der Waals surface area contributed by atoms with Gasteiger partial charge in [-0.15, -0.1) is 0 Å². The van der Waals surface area contributed by atoms with Crippen LogP contribution >= 0.6 is 0 Å². The van der Waals surface area contributed by atoms with Gasteiger partial charge in [0.2, 0.25) is 5.88 Å². The van der Waals surface area contributed by atoms with E-state index in [-0.39, 0.29) is 25.0 Å². The molecule has 1 unspecified atom stereocenters. The number of aryl methyl sites for hydroxylation is 1. The van der Waals surface area contributed by atoms with E-state index in [0.29, 0.717) is 36.5 Å². The lowest BCUT2D eigenvalue weighted by Gasteiger charge is -2.30. The van der Waals surface area contributed by atoms with Gasteiger partial charge in [-0.3, -0.25) is 9.59 Å². The first-order valence-corrected chi connectivity index (χ1v) is 14.1. The zero-order chi connectivity index (χ0) is 30.4. The molecule has 1 aliphatic heterocycles. The fraction of sp³-hybridized carbons (Fsp3) is 0.406. The molecule has 2 N–H and O–H groups in total. The van der Waals surface area contributed by atoms with Gasteiger partial charge in [0.15, 0.2) is 0 Å². The van der Waals surface area contributed by atoms with E-state index in [1.807, 2.05) is 45.0 Å². The van der Waals surface area contributed by atoms with Crippen LogP contribution in [0.1, 0.15) is 67.1 Å². The summed E-state index contributed by atoms with van der Waals surface area (Å²) in [5, 5.41) is 12.6. The second-order valence-corrected chi connectivity index (χ2v) is 11.0. The molecule has 7 nitrogen and oxygen atoms in total. The first-order chi connectivity index (χ1) is 19.9. The summed E-state index contributed by atoms with van der Waals surface area (Å²) in [6.07, 6.45) is -2.56. The van der Waals surface area contributed by atoms with Crippen molar-refractivity contribution in [3.63, 3.8) is 0 Å². The van der Waals surface area contributed by atoms with Gasteiger partial charge in [-0.2, -0.15) is 13.2 Å². The number of nitrogens with one attached hydrogen (secondary N) is 1. The molecule has 1 saturated heterocycles. The molecule has 1 aromatic heterocycles. The number of likely N-dealkylation sites (tertiary alicyclic amines) is 1. The third-order valence-corrected chi connectivity index (χ3v) is 7.32. The maximum Gasteiger partial charge on any atom is 0.389 e. The predicted octanol–water partition coefficient (Wildman–Crippen LogP) is 7.28. The molecule has 1 amide bonds. The highest BCUT2D eigenvalue weighted by atomic mass is 19.4. The molecule has 2 atom stereocenters. The van der Waals surface area contributed by atoms with E-state index < -0.39 is 30.5 Å². The first-order valence-electron chi connectivity index (χ1n) is 14.1. The lowest BCUT2D eigenvalue weighted by molar-refractivity contribution is -0.143. The Bertz CT molecular complexity index is 1380. The molecule has 10 heteroatoms. The lowest BCUT2D eigenvalue weighted by Crippen LogP contribution is -2.42. The van der Waals surface area contributed by atoms with Crippen molar-refractivity contribution >= 4 is 17.6 Å². The maximum absolute atomic E-state index is 13.2. The molecule has 2 aromatic carbocycles. The highest BCUT2D eigenvalue weighted by Crippen LogP contribution is 2.34. The number of rotatable bonds is 10. The summed E-state index contributed by atoms with van der Waals surface area (Å²) >= 11 is 0. The minimum atomic E-state index is -4.31. The number of carboxylic acid groups (broad SMARTS) is 1. The van der Waals surface area contributed by atoms with Crippen molar-refractivity contribution in [1.82, 2.24) is 9.88 Å². The fourth-order valence-electron chi connectivity index (χ4n) is 5.18. The third-order valence-electron chi connectivity index (χ3n) is 7.32. The topological polar surface area (TPSA) is 91.8 Å². The molecule has 2 heterocycles. The number of nitrogens with zero attached hydrogens (tertiary/aromatic N) is 2. The van der Waals surface area contributed by atoms with E-state index >= 15 is 0 Å². The standard InChI is InChI=1S/C32H36F3N3O4/c1-20(2)42-29-13-9-24(18-36-29)23-8-12-27(21(3)17-23)28(14-15-32(33,34)35)37-26-10-6-22(7-11-26)30(39)38-16-4-5-25(19-38)31(40)41/h6-13,17-18,20,25,28,37H,4-5,14-16,19H2,1-3H3,(H,40,41)/t25-,28?/m1/s1. The molecule has 4 rings (SSSR count). The van der Waals surface area contributed by atoms with Crippen molar-refractivity contribution in [2.45, 2.75) is 64.8 Å². The van der Waals surface area contributed by atoms with E-state index in [2.05, 4.69) is 10.3 Å². The molecule has 0 spiro atoms. The number of carbonyl (C=O) groups is 2. The number of hydrogen-bond acceptors (Lipinski definition) is 5. The Hall–Kier alpha value is -4.08. The van der Waals surface area contributed by atoms with E-state index in [1.54, 1.807) is 41.4 Å². The third kappa shape index (κ3) is 8.24. The summed E-state index contributed by atoms with van der Waals surface area (Å²) in [5.41, 5.74) is 4.30. The van der Waals surface area contributed by atoms with Crippen LogP contribution in [0.2, 0.25) is 0 Å². The zero-order valence-corrected chi connectivity index (χ0v) is 23.9. The summed E-state index contributed by atoms with van der Waals surface area (Å²) < 4.78 is 45.3. The maximum atomic E-state index is 13.2. The van der Waals surface area contributed by atoms with Crippen LogP contribution in [0.15, 0.2) is 60.8 Å². The number of aliphatic carboxylic acids is 1. The normalized spacial score (nSPS) is 16.3. The van der Waals surface area contributed by atoms with Crippen LogP contribution in [0.3, 0.4) is 0 Å². The van der Waals surface area contributed by atoms with E-state index in [0.717, 1.165) is 22.3 Å². The number of hydrogen-bond donors (Lipinski definition) is 2. The van der Waals surface area contributed by atoms with Gasteiger partial charge in [0, 0.05) is 48.6 Å². The molecule has 0 aliphatic carbocycles. The minimum absolute atomic E-state index is 0.00365. The van der Waals surface area contributed by atoms with Gasteiger partial charge < -0.3 is 20.1 Å². The van der Waals surface area contributed by atoms with Crippen molar-refractivity contribution in [2.75, 3.05) is 18.4 Å². The number of carbonyl (C=O) groups excluding carboxylic acids is 1.